The molecule has 0 atom stereocenters. The summed E-state index contributed by atoms with van der Waals surface area (Å²) >= 11 is 0.861. The lowest BCUT2D eigenvalue weighted by Crippen LogP contribution is -2.14. The molecule has 0 saturated heterocycles. The molecular weight excluding hydrogens is 262 g/mol. The van der Waals surface area contributed by atoms with Crippen LogP contribution < -0.4 is 10.5 Å². The number of nitrogens with one attached hydrogen (secondary N) is 1. The van der Waals surface area contributed by atoms with Crippen molar-refractivity contribution in [2.24, 2.45) is 0 Å². The van der Waals surface area contributed by atoms with E-state index < -0.39 is 10.0 Å². The number of aryl methyl sites for hydroxylation is 1. The van der Waals surface area contributed by atoms with Crippen molar-refractivity contribution in [3.05, 3.63) is 23.8 Å². The van der Waals surface area contributed by atoms with Gasteiger partial charge in [-0.2, -0.15) is 0 Å². The largest absolute Gasteiger partial charge is 0.399 e. The summed E-state index contributed by atoms with van der Waals surface area (Å²) in [6.07, 6.45) is 0. The molecule has 3 N–H and O–H groups in total. The number of hydrogen-bond acceptors (Lipinski definition) is 7. The van der Waals surface area contributed by atoms with Crippen LogP contribution in [0.1, 0.15) is 5.56 Å². The summed E-state index contributed by atoms with van der Waals surface area (Å²) in [5.74, 6) is 0. The van der Waals surface area contributed by atoms with E-state index in [9.17, 15) is 8.42 Å². The van der Waals surface area contributed by atoms with Crippen LogP contribution in [0.5, 0.6) is 0 Å². The second-order valence-electron chi connectivity index (χ2n) is 3.30. The van der Waals surface area contributed by atoms with Crippen molar-refractivity contribution in [2.75, 3.05) is 10.5 Å². The molecule has 0 unspecified atom stereocenters. The van der Waals surface area contributed by atoms with E-state index in [0.29, 0.717) is 11.3 Å². The van der Waals surface area contributed by atoms with Gasteiger partial charge in [0.05, 0.1) is 4.90 Å². The smallest absolute Gasteiger partial charge is 0.264 e. The van der Waals surface area contributed by atoms with Crippen LogP contribution in [-0.4, -0.2) is 23.2 Å². The van der Waals surface area contributed by atoms with Crippen molar-refractivity contribution >= 4 is 32.4 Å². The highest BCUT2D eigenvalue weighted by atomic mass is 32.2. The number of nitrogens with zero attached hydrogens (tertiary/aromatic N) is 3. The Morgan fingerprint density at radius 3 is 2.82 bits per heavy atom. The molecule has 0 aliphatic carbocycles. The van der Waals surface area contributed by atoms with E-state index in [1.54, 1.807) is 19.1 Å². The number of rotatable bonds is 3. The third-order valence-corrected chi connectivity index (χ3v) is 4.14. The zero-order valence-electron chi connectivity index (χ0n) is 8.78. The van der Waals surface area contributed by atoms with Crippen LogP contribution in [0.3, 0.4) is 0 Å². The van der Waals surface area contributed by atoms with Crippen LogP contribution in [-0.2, 0) is 10.0 Å². The molecule has 17 heavy (non-hydrogen) atoms. The van der Waals surface area contributed by atoms with E-state index in [0.717, 1.165) is 11.5 Å². The summed E-state index contributed by atoms with van der Waals surface area (Å²) in [4.78, 5) is 0.118. The molecule has 1 aromatic carbocycles. The van der Waals surface area contributed by atoms with Gasteiger partial charge in [-0.15, -0.1) is 0 Å². The minimum atomic E-state index is -3.70. The number of nitrogen functional groups attached to an aromatic ring is 1. The SMILES string of the molecule is Cc1ccc(N)cc1S(=O)(=O)Nc1nnns1. The topological polar surface area (TPSA) is 111 Å². The molecule has 0 amide bonds. The maximum absolute atomic E-state index is 12.0. The van der Waals surface area contributed by atoms with Gasteiger partial charge in [-0.25, -0.2) is 8.42 Å². The number of benzene rings is 1. The third-order valence-electron chi connectivity index (χ3n) is 2.02. The van der Waals surface area contributed by atoms with E-state index in [1.807, 2.05) is 0 Å². The fourth-order valence-corrected chi connectivity index (χ4v) is 3.11. The minimum absolute atomic E-state index is 0.117. The molecule has 0 spiro atoms. The summed E-state index contributed by atoms with van der Waals surface area (Å²) in [6.45, 7) is 1.69. The van der Waals surface area contributed by atoms with Gasteiger partial charge in [-0.1, -0.05) is 15.7 Å². The van der Waals surface area contributed by atoms with E-state index in [4.69, 9.17) is 5.73 Å². The number of nitrogens with two attached hydrogens (primary N) is 1. The Balaban J connectivity index is 2.41. The van der Waals surface area contributed by atoms with E-state index in [1.165, 1.54) is 6.07 Å². The Labute approximate surface area is 102 Å². The highest BCUT2D eigenvalue weighted by Crippen LogP contribution is 2.21. The number of aromatic nitrogens is 3. The molecule has 0 saturated carbocycles. The number of sulfonamides is 1. The molecule has 1 aromatic heterocycles. The van der Waals surface area contributed by atoms with Crippen LogP contribution in [0.4, 0.5) is 10.8 Å². The highest BCUT2D eigenvalue weighted by molar-refractivity contribution is 7.93. The Kier molecular flexibility index (Phi) is 2.94. The number of hydrogen-bond donors (Lipinski definition) is 2. The lowest BCUT2D eigenvalue weighted by molar-refractivity contribution is 0.600. The Bertz CT molecular complexity index is 623. The minimum Gasteiger partial charge on any atom is -0.399 e. The molecule has 0 bridgehead atoms. The first kappa shape index (κ1) is 11.7. The molecule has 1 heterocycles. The van der Waals surface area contributed by atoms with Gasteiger partial charge in [0.15, 0.2) is 0 Å². The van der Waals surface area contributed by atoms with Crippen molar-refractivity contribution in [3.63, 3.8) is 0 Å². The maximum Gasteiger partial charge on any atom is 0.264 e. The fourth-order valence-electron chi connectivity index (χ4n) is 1.25. The molecule has 0 aliphatic heterocycles. The van der Waals surface area contributed by atoms with Crippen LogP contribution in [0, 0.1) is 6.92 Å². The normalized spacial score (nSPS) is 11.4. The maximum atomic E-state index is 12.0. The predicted molar refractivity (Wildman–Crippen MR) is 64.1 cm³/mol. The second kappa shape index (κ2) is 4.26. The Morgan fingerprint density at radius 1 is 1.41 bits per heavy atom. The van der Waals surface area contributed by atoms with Gasteiger partial charge in [0.25, 0.3) is 10.0 Å². The van der Waals surface area contributed by atoms with Gasteiger partial charge in [0.2, 0.25) is 5.13 Å². The molecule has 0 fully saturated rings. The van der Waals surface area contributed by atoms with Gasteiger partial charge in [-0.3, -0.25) is 4.72 Å². The van der Waals surface area contributed by atoms with Crippen molar-refractivity contribution in [2.45, 2.75) is 11.8 Å². The zero-order chi connectivity index (χ0) is 12.5. The molecule has 0 aliphatic rings. The lowest BCUT2D eigenvalue weighted by Gasteiger charge is -2.08. The first-order chi connectivity index (χ1) is 7.99. The van der Waals surface area contributed by atoms with Gasteiger partial charge in [0.1, 0.15) is 0 Å². The van der Waals surface area contributed by atoms with E-state index >= 15 is 0 Å². The monoisotopic (exact) mass is 271 g/mol. The molecule has 0 radical (unpaired) electrons. The van der Waals surface area contributed by atoms with E-state index in [-0.39, 0.29) is 10.0 Å². The molecular formula is C8H9N5O2S2. The zero-order valence-corrected chi connectivity index (χ0v) is 10.4. The van der Waals surface area contributed by atoms with Crippen LogP contribution in [0.2, 0.25) is 0 Å². The van der Waals surface area contributed by atoms with Gasteiger partial charge in [0, 0.05) is 17.2 Å². The second-order valence-corrected chi connectivity index (χ2v) is 5.68. The third kappa shape index (κ3) is 2.50. The summed E-state index contributed by atoms with van der Waals surface area (Å²) in [6, 6.07) is 4.68. The molecule has 2 aromatic rings. The quantitative estimate of drug-likeness (QED) is 0.792. The highest BCUT2D eigenvalue weighted by Gasteiger charge is 2.18. The fraction of sp³-hybridized carbons (Fsp3) is 0.125. The molecule has 90 valence electrons. The van der Waals surface area contributed by atoms with Crippen molar-refractivity contribution < 1.29 is 8.42 Å². The lowest BCUT2D eigenvalue weighted by atomic mass is 10.2. The first-order valence-corrected chi connectivity index (χ1v) is 6.79. The van der Waals surface area contributed by atoms with Crippen molar-refractivity contribution in [1.29, 1.82) is 0 Å². The van der Waals surface area contributed by atoms with Crippen LogP contribution in [0.25, 0.3) is 0 Å². The standard InChI is InChI=1S/C8H9N5O2S2/c1-5-2-3-6(9)4-7(5)17(14,15)11-8-10-12-13-16-8/h2-4H,9H2,1H3,(H,10,11,13). The molecule has 7 nitrogen and oxygen atoms in total. The van der Waals surface area contributed by atoms with Gasteiger partial charge < -0.3 is 5.73 Å². The Hall–Kier alpha value is -1.74. The van der Waals surface area contributed by atoms with Crippen molar-refractivity contribution in [1.82, 2.24) is 14.8 Å². The van der Waals surface area contributed by atoms with Crippen LogP contribution >= 0.6 is 11.5 Å². The van der Waals surface area contributed by atoms with E-state index in [2.05, 4.69) is 19.5 Å². The predicted octanol–water partition coefficient (Wildman–Crippen LogP) is 0.625. The molecule has 2 rings (SSSR count). The van der Waals surface area contributed by atoms with Gasteiger partial charge >= 0.3 is 0 Å². The summed E-state index contributed by atoms with van der Waals surface area (Å²) in [5, 5.41) is 6.94. The molecule has 9 heteroatoms. The van der Waals surface area contributed by atoms with Gasteiger partial charge in [-0.05, 0) is 29.8 Å². The average Bonchev–Trinajstić information content (AvgIpc) is 2.73. The summed E-state index contributed by atoms with van der Waals surface area (Å²) in [5.41, 5.74) is 6.55. The van der Waals surface area contributed by atoms with Crippen LogP contribution in [0.15, 0.2) is 23.1 Å². The first-order valence-electron chi connectivity index (χ1n) is 4.53. The van der Waals surface area contributed by atoms with Crippen molar-refractivity contribution in [3.8, 4) is 0 Å². The number of anilines is 2. The Morgan fingerprint density at radius 2 is 2.18 bits per heavy atom. The summed E-state index contributed by atoms with van der Waals surface area (Å²) < 4.78 is 29.8. The average molecular weight is 271 g/mol. The summed E-state index contributed by atoms with van der Waals surface area (Å²) in [7, 11) is -3.70.